The van der Waals surface area contributed by atoms with Gasteiger partial charge in [0.25, 0.3) is 0 Å². The van der Waals surface area contributed by atoms with Crippen molar-refractivity contribution in [3.63, 3.8) is 0 Å². The zero-order chi connectivity index (χ0) is 12.3. The second kappa shape index (κ2) is 5.65. The lowest BCUT2D eigenvalue weighted by Crippen LogP contribution is -2.17. The van der Waals surface area contributed by atoms with Crippen LogP contribution >= 0.6 is 0 Å². The van der Waals surface area contributed by atoms with Crippen LogP contribution in [-0.2, 0) is 15.8 Å². The van der Waals surface area contributed by atoms with Crippen LogP contribution in [0.3, 0.4) is 0 Å². The maximum absolute atomic E-state index is 10.8. The molecule has 0 radical (unpaired) electrons. The lowest BCUT2D eigenvalue weighted by molar-refractivity contribution is 0.100. The predicted octanol–water partition coefficient (Wildman–Crippen LogP) is 2.94. The molecule has 0 aromatic carbocycles. The topological polar surface area (TPSA) is 49.4 Å². The van der Waals surface area contributed by atoms with Crippen LogP contribution in [0.2, 0.25) is 0 Å². The third kappa shape index (κ3) is 3.54. The molecule has 17 heavy (non-hydrogen) atoms. The average molecular weight is 253 g/mol. The van der Waals surface area contributed by atoms with Crippen LogP contribution in [0, 0.1) is 0 Å². The molecule has 0 aromatic rings. The Hall–Kier alpha value is -0.870. The Bertz CT molecular complexity index is 407. The van der Waals surface area contributed by atoms with Crippen molar-refractivity contribution < 1.29 is 13.5 Å². The van der Waals surface area contributed by atoms with Gasteiger partial charge in [0, 0.05) is 12.8 Å². The maximum atomic E-state index is 10.8. The van der Waals surface area contributed by atoms with Crippen molar-refractivity contribution in [2.24, 2.45) is 0 Å². The van der Waals surface area contributed by atoms with Gasteiger partial charge in [0.1, 0.15) is 6.10 Å². The van der Waals surface area contributed by atoms with Gasteiger partial charge in [-0.25, -0.2) is 0 Å². The summed E-state index contributed by atoms with van der Waals surface area (Å²) in [6, 6.07) is 0. The first kappa shape index (κ1) is 12.6. The molecule has 0 bridgehead atoms. The van der Waals surface area contributed by atoms with Crippen LogP contribution in [-0.4, -0.2) is 14.9 Å². The van der Waals surface area contributed by atoms with Crippen LogP contribution in [0.5, 0.6) is 0 Å². The first-order valence-electron chi connectivity index (χ1n) is 5.96. The molecule has 0 spiro atoms. The highest BCUT2D eigenvalue weighted by molar-refractivity contribution is 7.83. The van der Waals surface area contributed by atoms with Crippen LogP contribution in [0.4, 0.5) is 0 Å². The van der Waals surface area contributed by atoms with Crippen LogP contribution in [0.25, 0.3) is 0 Å². The number of hydrogen-bond donors (Lipinski definition) is 0. The summed E-state index contributed by atoms with van der Waals surface area (Å²) in [5.41, 5.74) is 1.38. The fourth-order valence-corrected chi connectivity index (χ4v) is 2.60. The third-order valence-corrected chi connectivity index (χ3v) is 3.97. The predicted molar refractivity (Wildman–Crippen MR) is 66.8 cm³/mol. The number of hydrogen-bond acceptors (Lipinski definition) is 3. The van der Waals surface area contributed by atoms with Crippen molar-refractivity contribution in [1.82, 2.24) is 0 Å². The minimum absolute atomic E-state index is 0.139. The van der Waals surface area contributed by atoms with E-state index in [0.717, 1.165) is 25.0 Å². The van der Waals surface area contributed by atoms with E-state index in [-0.39, 0.29) is 6.10 Å². The minimum atomic E-state index is -2.05. The lowest BCUT2D eigenvalue weighted by Gasteiger charge is -2.26. The Labute approximate surface area is 105 Å². The molecule has 0 N–H and O–H groups in total. The number of ether oxygens (including phenoxy) is 1. The summed E-state index contributed by atoms with van der Waals surface area (Å²) in [6.45, 7) is 2.12. The van der Waals surface area contributed by atoms with Gasteiger partial charge in [0.2, 0.25) is 0 Å². The van der Waals surface area contributed by atoms with E-state index in [2.05, 4.69) is 13.0 Å². The summed E-state index contributed by atoms with van der Waals surface area (Å²) in [4.78, 5) is 0.526. The van der Waals surface area contributed by atoms with Gasteiger partial charge in [-0.3, -0.25) is 4.21 Å². The summed E-state index contributed by atoms with van der Waals surface area (Å²) in [5, 5.41) is 0. The van der Waals surface area contributed by atoms with Crippen molar-refractivity contribution in [2.45, 2.75) is 45.1 Å². The molecule has 3 nitrogen and oxygen atoms in total. The third-order valence-electron chi connectivity index (χ3n) is 3.17. The molecular weight excluding hydrogens is 236 g/mol. The standard InChI is InChI=1S/C13H18O3S/c1-10-2-4-11(5-3-10)16-12-6-8-13(9-7-12)17(14)15/h2,4,8,12H,3,5-7,9H2,1H3,(H,14,15)/p-1. The Morgan fingerprint density at radius 1 is 1.35 bits per heavy atom. The van der Waals surface area contributed by atoms with E-state index in [1.54, 1.807) is 6.08 Å². The van der Waals surface area contributed by atoms with E-state index in [1.807, 2.05) is 6.08 Å². The number of rotatable bonds is 3. The Morgan fingerprint density at radius 3 is 2.71 bits per heavy atom. The largest absolute Gasteiger partial charge is 0.769 e. The fraction of sp³-hybridized carbons (Fsp3) is 0.538. The van der Waals surface area contributed by atoms with Crippen molar-refractivity contribution >= 4 is 11.1 Å². The van der Waals surface area contributed by atoms with Gasteiger partial charge in [-0.1, -0.05) is 17.7 Å². The van der Waals surface area contributed by atoms with Gasteiger partial charge in [-0.2, -0.15) is 0 Å². The van der Waals surface area contributed by atoms with Gasteiger partial charge in [-0.15, -0.1) is 0 Å². The smallest absolute Gasteiger partial charge is 0.102 e. The highest BCUT2D eigenvalue weighted by Crippen LogP contribution is 2.27. The average Bonchev–Trinajstić information content (AvgIpc) is 2.33. The molecule has 0 saturated carbocycles. The first-order chi connectivity index (χ1) is 8.15. The molecule has 2 rings (SSSR count). The zero-order valence-electron chi connectivity index (χ0n) is 9.98. The molecule has 0 saturated heterocycles. The molecule has 0 heterocycles. The van der Waals surface area contributed by atoms with Gasteiger partial charge in [0.15, 0.2) is 0 Å². The molecule has 0 amide bonds. The monoisotopic (exact) mass is 253 g/mol. The zero-order valence-corrected chi connectivity index (χ0v) is 10.8. The molecule has 4 heteroatoms. The molecule has 94 valence electrons. The molecule has 2 aliphatic rings. The SMILES string of the molecule is CC1=CC=C(OC2CC=C(S(=O)[O-])CC2)CC1. The van der Waals surface area contributed by atoms with Crippen LogP contribution in [0.15, 0.2) is 34.5 Å². The summed E-state index contributed by atoms with van der Waals surface area (Å²) in [5.74, 6) is 1.03. The van der Waals surface area contributed by atoms with Crippen molar-refractivity contribution in [1.29, 1.82) is 0 Å². The molecule has 0 aliphatic heterocycles. The second-order valence-electron chi connectivity index (χ2n) is 4.57. The number of allylic oxidation sites excluding steroid dienone is 5. The second-order valence-corrected chi connectivity index (χ2v) is 5.56. The van der Waals surface area contributed by atoms with E-state index in [4.69, 9.17) is 4.74 Å². The maximum Gasteiger partial charge on any atom is 0.102 e. The molecular formula is C13H17O3S-. The van der Waals surface area contributed by atoms with E-state index in [0.29, 0.717) is 17.7 Å². The molecule has 0 fully saturated rings. The van der Waals surface area contributed by atoms with Crippen molar-refractivity contribution in [3.05, 3.63) is 34.5 Å². The fourth-order valence-electron chi connectivity index (χ4n) is 2.08. The Balaban J connectivity index is 1.88. The van der Waals surface area contributed by atoms with E-state index in [1.165, 1.54) is 5.57 Å². The molecule has 2 aliphatic carbocycles. The quantitative estimate of drug-likeness (QED) is 0.727. The first-order valence-corrected chi connectivity index (χ1v) is 7.04. The van der Waals surface area contributed by atoms with Crippen LogP contribution in [0.1, 0.15) is 39.0 Å². The Kier molecular flexibility index (Phi) is 4.18. The molecule has 0 aromatic heterocycles. The van der Waals surface area contributed by atoms with Gasteiger partial charge in [-0.05, 0) is 48.2 Å². The highest BCUT2D eigenvalue weighted by Gasteiger charge is 2.17. The van der Waals surface area contributed by atoms with Gasteiger partial charge >= 0.3 is 0 Å². The van der Waals surface area contributed by atoms with Crippen molar-refractivity contribution in [3.8, 4) is 0 Å². The summed E-state index contributed by atoms with van der Waals surface area (Å²) < 4.78 is 27.4. The van der Waals surface area contributed by atoms with E-state index in [9.17, 15) is 8.76 Å². The minimum Gasteiger partial charge on any atom is -0.769 e. The highest BCUT2D eigenvalue weighted by atomic mass is 32.2. The summed E-state index contributed by atoms with van der Waals surface area (Å²) in [7, 11) is 0. The summed E-state index contributed by atoms with van der Waals surface area (Å²) in [6.07, 6.45) is 10.2. The van der Waals surface area contributed by atoms with Gasteiger partial charge < -0.3 is 9.29 Å². The lowest BCUT2D eigenvalue weighted by atomic mass is 10.0. The van der Waals surface area contributed by atoms with Crippen LogP contribution < -0.4 is 0 Å². The summed E-state index contributed by atoms with van der Waals surface area (Å²) >= 11 is -2.05. The Morgan fingerprint density at radius 2 is 2.18 bits per heavy atom. The van der Waals surface area contributed by atoms with E-state index < -0.39 is 11.1 Å². The van der Waals surface area contributed by atoms with E-state index >= 15 is 0 Å². The van der Waals surface area contributed by atoms with Gasteiger partial charge in [0.05, 0.1) is 5.76 Å². The normalized spacial score (nSPS) is 26.7. The molecule has 2 unspecified atom stereocenters. The van der Waals surface area contributed by atoms with Crippen molar-refractivity contribution in [2.75, 3.05) is 0 Å². The molecule has 2 atom stereocenters.